The molecule has 4 nitrogen and oxygen atoms in total. The minimum Gasteiger partial charge on any atom is -0.398 e. The van der Waals surface area contributed by atoms with E-state index in [0.29, 0.717) is 8.95 Å². The normalized spacial score (nSPS) is 11.8. The lowest BCUT2D eigenvalue weighted by atomic mass is 10.3. The first-order chi connectivity index (χ1) is 9.31. The SMILES string of the molecule is Nc1cc(Br)cc(Br)c1S(=O)(=O)NCc1sccc1Br. The number of anilines is 1. The number of rotatable bonds is 4. The van der Waals surface area contributed by atoms with Crippen molar-refractivity contribution in [2.75, 3.05) is 5.73 Å². The first kappa shape index (κ1) is 16.4. The highest BCUT2D eigenvalue weighted by Crippen LogP contribution is 2.32. The average molecular weight is 505 g/mol. The monoisotopic (exact) mass is 502 g/mol. The Morgan fingerprint density at radius 1 is 1.20 bits per heavy atom. The molecular weight excluding hydrogens is 496 g/mol. The van der Waals surface area contributed by atoms with Gasteiger partial charge in [0, 0.05) is 24.8 Å². The quantitative estimate of drug-likeness (QED) is 0.616. The Morgan fingerprint density at radius 2 is 1.90 bits per heavy atom. The van der Waals surface area contributed by atoms with Crippen molar-refractivity contribution in [3.8, 4) is 0 Å². The molecule has 0 aliphatic heterocycles. The number of hydrogen-bond acceptors (Lipinski definition) is 4. The van der Waals surface area contributed by atoms with E-state index in [-0.39, 0.29) is 17.1 Å². The van der Waals surface area contributed by atoms with Crippen LogP contribution in [0.15, 0.2) is 41.9 Å². The van der Waals surface area contributed by atoms with E-state index >= 15 is 0 Å². The molecule has 2 aromatic rings. The van der Waals surface area contributed by atoms with Crippen LogP contribution >= 0.6 is 59.1 Å². The summed E-state index contributed by atoms with van der Waals surface area (Å²) in [7, 11) is -3.69. The molecule has 0 atom stereocenters. The van der Waals surface area contributed by atoms with Crippen LogP contribution in [-0.4, -0.2) is 8.42 Å². The number of nitrogen functional groups attached to an aromatic ring is 1. The fourth-order valence-corrected chi connectivity index (χ4v) is 6.13. The highest BCUT2D eigenvalue weighted by molar-refractivity contribution is 9.11. The zero-order valence-corrected chi connectivity index (χ0v) is 16.3. The van der Waals surface area contributed by atoms with Crippen LogP contribution in [0.5, 0.6) is 0 Å². The number of nitrogens with two attached hydrogens (primary N) is 1. The molecule has 0 saturated carbocycles. The van der Waals surface area contributed by atoms with Crippen molar-refractivity contribution in [1.29, 1.82) is 0 Å². The zero-order chi connectivity index (χ0) is 14.9. The second-order valence-electron chi connectivity index (χ2n) is 3.82. The summed E-state index contributed by atoms with van der Waals surface area (Å²) in [6.07, 6.45) is 0. The standard InChI is InChI=1S/C11H9Br3N2O2S2/c12-6-3-8(14)11(9(15)4-6)20(17,18)16-5-10-7(13)1-2-19-10/h1-4,16H,5,15H2. The lowest BCUT2D eigenvalue weighted by molar-refractivity contribution is 0.581. The maximum absolute atomic E-state index is 12.3. The summed E-state index contributed by atoms with van der Waals surface area (Å²) in [6.45, 7) is 0.211. The van der Waals surface area contributed by atoms with E-state index in [1.54, 1.807) is 12.1 Å². The van der Waals surface area contributed by atoms with Crippen molar-refractivity contribution in [2.45, 2.75) is 11.4 Å². The fraction of sp³-hybridized carbons (Fsp3) is 0.0909. The number of halogens is 3. The molecule has 1 aromatic carbocycles. The third kappa shape index (κ3) is 3.63. The van der Waals surface area contributed by atoms with Crippen molar-refractivity contribution in [2.24, 2.45) is 0 Å². The second-order valence-corrected chi connectivity index (χ2v) is 9.15. The van der Waals surface area contributed by atoms with Crippen LogP contribution in [0.4, 0.5) is 5.69 Å². The summed E-state index contributed by atoms with van der Waals surface area (Å²) in [5.41, 5.74) is 5.99. The highest BCUT2D eigenvalue weighted by Gasteiger charge is 2.21. The molecule has 20 heavy (non-hydrogen) atoms. The summed E-state index contributed by atoms with van der Waals surface area (Å²) < 4.78 is 29.2. The molecule has 0 radical (unpaired) electrons. The molecule has 0 aliphatic carbocycles. The third-order valence-electron chi connectivity index (χ3n) is 2.42. The van der Waals surface area contributed by atoms with Gasteiger partial charge < -0.3 is 5.73 Å². The number of sulfonamides is 1. The lowest BCUT2D eigenvalue weighted by Gasteiger charge is -2.11. The number of thiophene rings is 1. The summed E-state index contributed by atoms with van der Waals surface area (Å²) >= 11 is 11.3. The molecule has 3 N–H and O–H groups in total. The van der Waals surface area contributed by atoms with Crippen LogP contribution in [0, 0.1) is 0 Å². The van der Waals surface area contributed by atoms with Gasteiger partial charge in [-0.3, -0.25) is 0 Å². The van der Waals surface area contributed by atoms with Gasteiger partial charge in [0.2, 0.25) is 10.0 Å². The van der Waals surface area contributed by atoms with E-state index in [4.69, 9.17) is 5.73 Å². The topological polar surface area (TPSA) is 72.2 Å². The predicted octanol–water partition coefficient (Wildman–Crippen LogP) is 4.10. The molecule has 0 unspecified atom stereocenters. The van der Waals surface area contributed by atoms with Crippen molar-refractivity contribution in [3.63, 3.8) is 0 Å². The second kappa shape index (κ2) is 6.45. The van der Waals surface area contributed by atoms with Crippen molar-refractivity contribution < 1.29 is 8.42 Å². The molecule has 0 amide bonds. The fourth-order valence-electron chi connectivity index (χ4n) is 1.55. The van der Waals surface area contributed by atoms with Crippen LogP contribution in [0.25, 0.3) is 0 Å². The first-order valence-electron chi connectivity index (χ1n) is 5.27. The maximum Gasteiger partial charge on any atom is 0.244 e. The van der Waals surface area contributed by atoms with Crippen molar-refractivity contribution in [1.82, 2.24) is 4.72 Å². The Bertz CT molecular complexity index is 721. The Labute approximate surface area is 146 Å². The van der Waals surface area contributed by atoms with Gasteiger partial charge in [0.15, 0.2) is 0 Å². The van der Waals surface area contributed by atoms with Gasteiger partial charge in [-0.2, -0.15) is 0 Å². The molecule has 0 spiro atoms. The number of nitrogens with one attached hydrogen (secondary N) is 1. The molecule has 0 fully saturated rings. The average Bonchev–Trinajstić information content (AvgIpc) is 2.70. The van der Waals surface area contributed by atoms with E-state index in [0.717, 1.165) is 9.35 Å². The van der Waals surface area contributed by atoms with E-state index in [1.807, 2.05) is 11.4 Å². The van der Waals surface area contributed by atoms with E-state index in [1.165, 1.54) is 11.3 Å². The molecular formula is C11H9Br3N2O2S2. The molecule has 1 aromatic heterocycles. The maximum atomic E-state index is 12.3. The Balaban J connectivity index is 2.30. The van der Waals surface area contributed by atoms with E-state index in [2.05, 4.69) is 52.5 Å². The summed E-state index contributed by atoms with van der Waals surface area (Å²) in [4.78, 5) is 0.953. The minimum atomic E-state index is -3.69. The molecule has 108 valence electrons. The van der Waals surface area contributed by atoms with Crippen molar-refractivity contribution in [3.05, 3.63) is 41.9 Å². The molecule has 0 saturated heterocycles. The Kier molecular flexibility index (Phi) is 5.30. The van der Waals surface area contributed by atoms with Gasteiger partial charge in [-0.05, 0) is 55.4 Å². The number of hydrogen-bond donors (Lipinski definition) is 2. The van der Waals surface area contributed by atoms with Crippen LogP contribution in [0.3, 0.4) is 0 Å². The molecule has 0 aliphatic rings. The first-order valence-corrected chi connectivity index (χ1v) is 10.0. The van der Waals surface area contributed by atoms with Crippen LogP contribution in [0.1, 0.15) is 4.88 Å². The van der Waals surface area contributed by atoms with Gasteiger partial charge in [-0.25, -0.2) is 13.1 Å². The van der Waals surface area contributed by atoms with Gasteiger partial charge in [0.25, 0.3) is 0 Å². The van der Waals surface area contributed by atoms with Gasteiger partial charge in [0.1, 0.15) is 4.90 Å². The zero-order valence-electron chi connectivity index (χ0n) is 9.86. The van der Waals surface area contributed by atoms with Crippen molar-refractivity contribution >= 4 is 74.8 Å². The van der Waals surface area contributed by atoms with E-state index in [9.17, 15) is 8.42 Å². The van der Waals surface area contributed by atoms with Crippen LogP contribution in [0.2, 0.25) is 0 Å². The van der Waals surface area contributed by atoms with E-state index < -0.39 is 10.0 Å². The minimum absolute atomic E-state index is 0.0494. The van der Waals surface area contributed by atoms with Gasteiger partial charge in [-0.15, -0.1) is 11.3 Å². The smallest absolute Gasteiger partial charge is 0.244 e. The van der Waals surface area contributed by atoms with Gasteiger partial charge >= 0.3 is 0 Å². The summed E-state index contributed by atoms with van der Waals surface area (Å²) in [6, 6.07) is 5.07. The largest absolute Gasteiger partial charge is 0.398 e. The Hall–Kier alpha value is 0.0700. The van der Waals surface area contributed by atoms with Crippen LogP contribution in [-0.2, 0) is 16.6 Å². The number of benzene rings is 1. The van der Waals surface area contributed by atoms with Gasteiger partial charge in [0.05, 0.1) is 5.69 Å². The highest BCUT2D eigenvalue weighted by atomic mass is 79.9. The summed E-state index contributed by atoms with van der Waals surface area (Å²) in [5, 5.41) is 1.89. The lowest BCUT2D eigenvalue weighted by Crippen LogP contribution is -2.24. The molecule has 1 heterocycles. The predicted molar refractivity (Wildman–Crippen MR) is 92.3 cm³/mol. The molecule has 2 rings (SSSR count). The van der Waals surface area contributed by atoms with Crippen LogP contribution < -0.4 is 10.5 Å². The Morgan fingerprint density at radius 3 is 2.45 bits per heavy atom. The van der Waals surface area contributed by atoms with Gasteiger partial charge in [-0.1, -0.05) is 15.9 Å². The summed E-state index contributed by atoms with van der Waals surface area (Å²) in [5.74, 6) is 0. The molecule has 0 bridgehead atoms. The molecule has 9 heteroatoms. The third-order valence-corrected chi connectivity index (χ3v) is 7.21.